The molecule has 1 aromatic carbocycles. The van der Waals surface area contributed by atoms with E-state index in [1.807, 2.05) is 12.1 Å². The molecular weight excluding hydrogens is 309 g/mol. The number of piperazine rings is 1. The van der Waals surface area contributed by atoms with Crippen molar-refractivity contribution in [3.8, 4) is 17.3 Å². The highest BCUT2D eigenvalue weighted by Gasteiger charge is 2.19. The molecule has 24 heavy (non-hydrogen) atoms. The van der Waals surface area contributed by atoms with Gasteiger partial charge in [-0.3, -0.25) is 0 Å². The van der Waals surface area contributed by atoms with E-state index in [-0.39, 0.29) is 28.6 Å². The first-order chi connectivity index (χ1) is 11.5. The first-order valence-electron chi connectivity index (χ1n) is 7.56. The molecule has 8 heteroatoms. The SMILES string of the molecule is CN1CCN(c2ccc(-c3nc(N)nc(N)c3C#N)c(F)c2)CC1. The lowest BCUT2D eigenvalue weighted by Crippen LogP contribution is -2.44. The number of hydrogen-bond acceptors (Lipinski definition) is 7. The van der Waals surface area contributed by atoms with Crippen LogP contribution in [0.15, 0.2) is 18.2 Å². The quantitative estimate of drug-likeness (QED) is 0.849. The summed E-state index contributed by atoms with van der Waals surface area (Å²) < 4.78 is 14.7. The van der Waals surface area contributed by atoms with Crippen molar-refractivity contribution in [2.24, 2.45) is 0 Å². The topological polar surface area (TPSA) is 108 Å². The highest BCUT2D eigenvalue weighted by Crippen LogP contribution is 2.30. The van der Waals surface area contributed by atoms with Crippen LogP contribution in [-0.4, -0.2) is 48.1 Å². The molecule has 2 aromatic rings. The maximum Gasteiger partial charge on any atom is 0.222 e. The number of nitriles is 1. The predicted octanol–water partition coefficient (Wildman–Crippen LogP) is 1.07. The Balaban J connectivity index is 1.98. The Morgan fingerprint density at radius 3 is 2.50 bits per heavy atom. The summed E-state index contributed by atoms with van der Waals surface area (Å²) in [4.78, 5) is 12.1. The minimum atomic E-state index is -0.472. The van der Waals surface area contributed by atoms with Gasteiger partial charge in [0.15, 0.2) is 0 Å². The third-order valence-corrected chi connectivity index (χ3v) is 4.14. The van der Waals surface area contributed by atoms with Gasteiger partial charge >= 0.3 is 0 Å². The third kappa shape index (κ3) is 2.94. The highest BCUT2D eigenvalue weighted by atomic mass is 19.1. The van der Waals surface area contributed by atoms with Crippen molar-refractivity contribution in [2.45, 2.75) is 0 Å². The number of anilines is 3. The van der Waals surface area contributed by atoms with E-state index in [9.17, 15) is 9.65 Å². The fourth-order valence-electron chi connectivity index (χ4n) is 2.76. The normalized spacial score (nSPS) is 15.3. The molecule has 0 atom stereocenters. The molecule has 7 nitrogen and oxygen atoms in total. The van der Waals surface area contributed by atoms with Gasteiger partial charge in [0.05, 0.1) is 5.69 Å². The Kier molecular flexibility index (Phi) is 4.18. The van der Waals surface area contributed by atoms with Crippen LogP contribution in [0.2, 0.25) is 0 Å². The zero-order chi connectivity index (χ0) is 17.3. The monoisotopic (exact) mass is 327 g/mol. The van der Waals surface area contributed by atoms with Crippen molar-refractivity contribution in [1.82, 2.24) is 14.9 Å². The molecule has 0 saturated carbocycles. The summed E-state index contributed by atoms with van der Waals surface area (Å²) in [7, 11) is 2.06. The molecule has 0 bridgehead atoms. The fourth-order valence-corrected chi connectivity index (χ4v) is 2.76. The lowest BCUT2D eigenvalue weighted by molar-refractivity contribution is 0.313. The van der Waals surface area contributed by atoms with Gasteiger partial charge < -0.3 is 21.3 Å². The Bertz CT molecular complexity index is 807. The molecule has 0 amide bonds. The largest absolute Gasteiger partial charge is 0.382 e. The Hall–Kier alpha value is -2.92. The Morgan fingerprint density at radius 1 is 1.17 bits per heavy atom. The summed E-state index contributed by atoms with van der Waals surface area (Å²) >= 11 is 0. The molecule has 3 rings (SSSR count). The van der Waals surface area contributed by atoms with Crippen LogP contribution in [0, 0.1) is 17.1 Å². The van der Waals surface area contributed by atoms with E-state index >= 15 is 0 Å². The van der Waals surface area contributed by atoms with Crippen molar-refractivity contribution in [3.05, 3.63) is 29.6 Å². The number of benzene rings is 1. The molecule has 1 saturated heterocycles. The maximum absolute atomic E-state index is 14.7. The van der Waals surface area contributed by atoms with Gasteiger partial charge in [0.1, 0.15) is 23.3 Å². The van der Waals surface area contributed by atoms with E-state index < -0.39 is 5.82 Å². The standard InChI is InChI=1S/C16H18FN7/c1-23-4-6-24(7-5-23)10-2-3-11(13(17)8-10)14-12(9-18)15(19)22-16(20)21-14/h2-3,8H,4-7H2,1H3,(H4,19,20,21,22). The first kappa shape index (κ1) is 16.0. The van der Waals surface area contributed by atoms with Gasteiger partial charge in [0.25, 0.3) is 0 Å². The van der Waals surface area contributed by atoms with Gasteiger partial charge in [-0.25, -0.2) is 9.37 Å². The smallest absolute Gasteiger partial charge is 0.222 e. The van der Waals surface area contributed by atoms with Crippen molar-refractivity contribution in [3.63, 3.8) is 0 Å². The molecule has 1 fully saturated rings. The fraction of sp³-hybridized carbons (Fsp3) is 0.312. The Labute approximate surface area is 139 Å². The summed E-state index contributed by atoms with van der Waals surface area (Å²) in [6, 6.07) is 6.79. The van der Waals surface area contributed by atoms with Gasteiger partial charge in [-0.2, -0.15) is 10.2 Å². The van der Waals surface area contributed by atoms with Crippen LogP contribution >= 0.6 is 0 Å². The number of rotatable bonds is 2. The van der Waals surface area contributed by atoms with E-state index in [1.54, 1.807) is 6.07 Å². The number of nitrogen functional groups attached to an aromatic ring is 2. The van der Waals surface area contributed by atoms with E-state index in [0.29, 0.717) is 0 Å². The molecule has 2 heterocycles. The molecule has 0 unspecified atom stereocenters. The van der Waals surface area contributed by atoms with Crippen molar-refractivity contribution < 1.29 is 4.39 Å². The number of nitrogens with two attached hydrogens (primary N) is 2. The summed E-state index contributed by atoms with van der Waals surface area (Å²) in [5.41, 5.74) is 12.4. The van der Waals surface area contributed by atoms with Gasteiger partial charge in [-0.05, 0) is 25.2 Å². The average Bonchev–Trinajstić information content (AvgIpc) is 2.55. The number of aromatic nitrogens is 2. The minimum Gasteiger partial charge on any atom is -0.382 e. The molecular formula is C16H18FN7. The van der Waals surface area contributed by atoms with Gasteiger partial charge in [-0.15, -0.1) is 0 Å². The summed E-state index contributed by atoms with van der Waals surface area (Å²) in [5.74, 6) is -0.619. The molecule has 1 aliphatic rings. The lowest BCUT2D eigenvalue weighted by Gasteiger charge is -2.34. The highest BCUT2D eigenvalue weighted by molar-refractivity contribution is 5.74. The van der Waals surface area contributed by atoms with Gasteiger partial charge in [0, 0.05) is 37.4 Å². The lowest BCUT2D eigenvalue weighted by atomic mass is 10.1. The molecule has 4 N–H and O–H groups in total. The molecule has 124 valence electrons. The van der Waals surface area contributed by atoms with E-state index in [0.717, 1.165) is 31.9 Å². The van der Waals surface area contributed by atoms with E-state index in [1.165, 1.54) is 6.07 Å². The van der Waals surface area contributed by atoms with Crippen LogP contribution in [0.4, 0.5) is 21.8 Å². The zero-order valence-corrected chi connectivity index (χ0v) is 13.3. The van der Waals surface area contributed by atoms with Crippen LogP contribution in [0.25, 0.3) is 11.3 Å². The minimum absolute atomic E-state index is 0.0236. The number of hydrogen-bond donors (Lipinski definition) is 2. The number of likely N-dealkylation sites (N-methyl/N-ethyl adjacent to an activating group) is 1. The maximum atomic E-state index is 14.7. The third-order valence-electron chi connectivity index (χ3n) is 4.14. The second kappa shape index (κ2) is 6.29. The van der Waals surface area contributed by atoms with Crippen LogP contribution < -0.4 is 16.4 Å². The molecule has 0 radical (unpaired) electrons. The van der Waals surface area contributed by atoms with Crippen LogP contribution in [0.1, 0.15) is 5.56 Å². The second-order valence-corrected chi connectivity index (χ2v) is 5.76. The van der Waals surface area contributed by atoms with Crippen LogP contribution in [0.3, 0.4) is 0 Å². The first-order valence-corrected chi connectivity index (χ1v) is 7.56. The number of nitrogens with zero attached hydrogens (tertiary/aromatic N) is 5. The summed E-state index contributed by atoms with van der Waals surface area (Å²) in [6.45, 7) is 3.54. The van der Waals surface area contributed by atoms with Crippen LogP contribution in [0.5, 0.6) is 0 Å². The molecule has 1 aliphatic heterocycles. The van der Waals surface area contributed by atoms with Gasteiger partial charge in [0.2, 0.25) is 5.95 Å². The summed E-state index contributed by atoms with van der Waals surface area (Å²) in [6.07, 6.45) is 0. The average molecular weight is 327 g/mol. The molecule has 0 aliphatic carbocycles. The van der Waals surface area contributed by atoms with Crippen LogP contribution in [-0.2, 0) is 0 Å². The number of halogens is 1. The van der Waals surface area contributed by atoms with Crippen molar-refractivity contribution >= 4 is 17.5 Å². The molecule has 1 aromatic heterocycles. The predicted molar refractivity (Wildman–Crippen MR) is 90.7 cm³/mol. The molecule has 0 spiro atoms. The van der Waals surface area contributed by atoms with Crippen molar-refractivity contribution in [2.75, 3.05) is 49.6 Å². The van der Waals surface area contributed by atoms with E-state index in [2.05, 4.69) is 26.8 Å². The van der Waals surface area contributed by atoms with Gasteiger partial charge in [-0.1, -0.05) is 0 Å². The second-order valence-electron chi connectivity index (χ2n) is 5.76. The Morgan fingerprint density at radius 2 is 1.88 bits per heavy atom. The summed E-state index contributed by atoms with van der Waals surface area (Å²) in [5, 5.41) is 9.24. The van der Waals surface area contributed by atoms with E-state index in [4.69, 9.17) is 11.5 Å². The zero-order valence-electron chi connectivity index (χ0n) is 13.3. The van der Waals surface area contributed by atoms with Crippen molar-refractivity contribution in [1.29, 1.82) is 5.26 Å².